The molecule has 7 heteroatoms. The van der Waals surface area contributed by atoms with Crippen LogP contribution in [0.1, 0.15) is 43.6 Å². The van der Waals surface area contributed by atoms with Gasteiger partial charge in [0.1, 0.15) is 5.82 Å². The Morgan fingerprint density at radius 2 is 2.19 bits per heavy atom. The summed E-state index contributed by atoms with van der Waals surface area (Å²) in [4.78, 5) is 23.2. The minimum absolute atomic E-state index is 0.0250. The van der Waals surface area contributed by atoms with Gasteiger partial charge in [-0.1, -0.05) is 25.8 Å². The standard InChI is InChI=1S/C19H24N6O/c1-4-5-10-17(15-8-6-11-20-13-15)24(3)19(26)22-16-9-7-12-25-18(16)21-14(2)23-25/h6-9,11-13,17H,4-5,10H2,1-3H3,(H,22,26). The molecule has 3 heterocycles. The lowest BCUT2D eigenvalue weighted by atomic mass is 10.0. The lowest BCUT2D eigenvalue weighted by molar-refractivity contribution is 0.200. The topological polar surface area (TPSA) is 75.4 Å². The lowest BCUT2D eigenvalue weighted by Gasteiger charge is -2.28. The van der Waals surface area contributed by atoms with E-state index in [2.05, 4.69) is 27.3 Å². The number of anilines is 1. The molecule has 0 aliphatic rings. The average molecular weight is 352 g/mol. The molecule has 0 bridgehead atoms. The number of unbranched alkanes of at least 4 members (excludes halogenated alkanes) is 1. The van der Waals surface area contributed by atoms with Gasteiger partial charge in [-0.05, 0) is 37.1 Å². The van der Waals surface area contributed by atoms with E-state index in [4.69, 9.17) is 0 Å². The van der Waals surface area contributed by atoms with Crippen molar-refractivity contribution < 1.29 is 4.79 Å². The number of carbonyl (C=O) groups is 1. The van der Waals surface area contributed by atoms with E-state index < -0.39 is 0 Å². The predicted molar refractivity (Wildman–Crippen MR) is 101 cm³/mol. The molecule has 0 aliphatic heterocycles. The molecule has 7 nitrogen and oxygen atoms in total. The summed E-state index contributed by atoms with van der Waals surface area (Å²) in [6.07, 6.45) is 8.39. The van der Waals surface area contributed by atoms with E-state index >= 15 is 0 Å². The Balaban J connectivity index is 1.82. The number of hydrogen-bond donors (Lipinski definition) is 1. The van der Waals surface area contributed by atoms with Gasteiger partial charge in [0.15, 0.2) is 5.65 Å². The fourth-order valence-corrected chi connectivity index (χ4v) is 3.01. The zero-order valence-corrected chi connectivity index (χ0v) is 15.4. The molecule has 3 aromatic heterocycles. The number of amides is 2. The fraction of sp³-hybridized carbons (Fsp3) is 0.368. The summed E-state index contributed by atoms with van der Waals surface area (Å²) in [6.45, 7) is 3.97. The molecule has 2 amide bonds. The van der Waals surface area contributed by atoms with Crippen molar-refractivity contribution >= 4 is 17.4 Å². The van der Waals surface area contributed by atoms with Crippen molar-refractivity contribution in [1.82, 2.24) is 24.5 Å². The number of aryl methyl sites for hydroxylation is 1. The predicted octanol–water partition coefficient (Wildman–Crippen LogP) is 3.83. The fourth-order valence-electron chi connectivity index (χ4n) is 3.01. The molecular weight excluding hydrogens is 328 g/mol. The van der Waals surface area contributed by atoms with Crippen LogP contribution >= 0.6 is 0 Å². The van der Waals surface area contributed by atoms with Crippen molar-refractivity contribution in [1.29, 1.82) is 0 Å². The van der Waals surface area contributed by atoms with Gasteiger partial charge in [-0.3, -0.25) is 4.98 Å². The van der Waals surface area contributed by atoms with E-state index in [1.54, 1.807) is 15.6 Å². The Bertz CT molecular complexity index is 876. The van der Waals surface area contributed by atoms with Crippen molar-refractivity contribution in [2.45, 2.75) is 39.2 Å². The van der Waals surface area contributed by atoms with Crippen LogP contribution < -0.4 is 5.32 Å². The van der Waals surface area contributed by atoms with Crippen LogP contribution in [-0.2, 0) is 0 Å². The molecule has 0 saturated carbocycles. The van der Waals surface area contributed by atoms with Crippen molar-refractivity contribution in [2.75, 3.05) is 12.4 Å². The smallest absolute Gasteiger partial charge is 0.320 e. The first-order chi connectivity index (χ1) is 12.6. The molecule has 0 fully saturated rings. The van der Waals surface area contributed by atoms with Gasteiger partial charge in [0, 0.05) is 25.6 Å². The summed E-state index contributed by atoms with van der Waals surface area (Å²) in [5.41, 5.74) is 2.32. The summed E-state index contributed by atoms with van der Waals surface area (Å²) in [5.74, 6) is 0.663. The van der Waals surface area contributed by atoms with Gasteiger partial charge in [0.05, 0.1) is 11.7 Å². The highest BCUT2D eigenvalue weighted by atomic mass is 16.2. The molecule has 0 saturated heterocycles. The number of carbonyl (C=O) groups excluding carboxylic acids is 1. The first kappa shape index (κ1) is 17.8. The molecule has 0 aromatic carbocycles. The van der Waals surface area contributed by atoms with E-state index in [0.29, 0.717) is 17.2 Å². The summed E-state index contributed by atoms with van der Waals surface area (Å²) in [7, 11) is 1.82. The van der Waals surface area contributed by atoms with E-state index in [0.717, 1.165) is 24.8 Å². The third-order valence-electron chi connectivity index (χ3n) is 4.40. The second-order valence-electron chi connectivity index (χ2n) is 6.33. The highest BCUT2D eigenvalue weighted by Crippen LogP contribution is 2.26. The molecule has 0 spiro atoms. The number of fused-ring (bicyclic) bond motifs is 1. The molecule has 1 atom stereocenters. The maximum absolute atomic E-state index is 12.9. The van der Waals surface area contributed by atoms with Gasteiger partial charge < -0.3 is 10.2 Å². The zero-order valence-electron chi connectivity index (χ0n) is 15.4. The number of hydrogen-bond acceptors (Lipinski definition) is 4. The molecule has 0 aliphatic carbocycles. The quantitative estimate of drug-likeness (QED) is 0.731. The van der Waals surface area contributed by atoms with Crippen molar-refractivity contribution in [3.8, 4) is 0 Å². The van der Waals surface area contributed by atoms with Crippen LogP contribution in [0.25, 0.3) is 5.65 Å². The average Bonchev–Trinajstić information content (AvgIpc) is 3.04. The number of urea groups is 1. The molecule has 3 rings (SSSR count). The molecule has 1 N–H and O–H groups in total. The maximum atomic E-state index is 12.9. The van der Waals surface area contributed by atoms with Crippen LogP contribution in [0, 0.1) is 6.92 Å². The van der Waals surface area contributed by atoms with E-state index in [1.807, 2.05) is 50.6 Å². The van der Waals surface area contributed by atoms with E-state index in [-0.39, 0.29) is 12.1 Å². The first-order valence-electron chi connectivity index (χ1n) is 8.86. The Labute approximate surface area is 153 Å². The van der Waals surface area contributed by atoms with Crippen LogP contribution in [0.15, 0.2) is 42.9 Å². The van der Waals surface area contributed by atoms with Crippen LogP contribution in [0.5, 0.6) is 0 Å². The minimum Gasteiger partial charge on any atom is -0.320 e. The monoisotopic (exact) mass is 352 g/mol. The van der Waals surface area contributed by atoms with Gasteiger partial charge in [-0.15, -0.1) is 0 Å². The number of nitrogens with zero attached hydrogens (tertiary/aromatic N) is 5. The first-order valence-corrected chi connectivity index (χ1v) is 8.86. The largest absolute Gasteiger partial charge is 0.322 e. The van der Waals surface area contributed by atoms with Gasteiger partial charge >= 0.3 is 6.03 Å². The number of rotatable bonds is 6. The van der Waals surface area contributed by atoms with Crippen LogP contribution in [0.4, 0.5) is 10.5 Å². The third kappa shape index (κ3) is 3.82. The van der Waals surface area contributed by atoms with Gasteiger partial charge in [0.25, 0.3) is 0 Å². The Morgan fingerprint density at radius 1 is 1.35 bits per heavy atom. The highest BCUT2D eigenvalue weighted by molar-refractivity contribution is 5.93. The maximum Gasteiger partial charge on any atom is 0.322 e. The normalized spacial score (nSPS) is 12.1. The van der Waals surface area contributed by atoms with Gasteiger partial charge in [-0.25, -0.2) is 14.3 Å². The molecule has 3 aromatic rings. The molecular formula is C19H24N6O. The van der Waals surface area contributed by atoms with Gasteiger partial charge in [0.2, 0.25) is 0 Å². The second kappa shape index (κ2) is 7.95. The zero-order chi connectivity index (χ0) is 18.5. The van der Waals surface area contributed by atoms with Crippen LogP contribution in [-0.4, -0.2) is 37.6 Å². The molecule has 136 valence electrons. The van der Waals surface area contributed by atoms with Crippen molar-refractivity contribution in [3.05, 3.63) is 54.2 Å². The van der Waals surface area contributed by atoms with Crippen LogP contribution in [0.3, 0.4) is 0 Å². The molecule has 26 heavy (non-hydrogen) atoms. The number of nitrogens with one attached hydrogen (secondary N) is 1. The van der Waals surface area contributed by atoms with Crippen LogP contribution in [0.2, 0.25) is 0 Å². The summed E-state index contributed by atoms with van der Waals surface area (Å²) in [6, 6.07) is 7.39. The van der Waals surface area contributed by atoms with E-state index in [1.165, 1.54) is 0 Å². The SMILES string of the molecule is CCCCC(c1cccnc1)N(C)C(=O)Nc1cccn2nc(C)nc12. The molecule has 0 radical (unpaired) electrons. The van der Waals surface area contributed by atoms with E-state index in [9.17, 15) is 4.79 Å². The number of pyridine rings is 2. The number of aromatic nitrogens is 4. The van der Waals surface area contributed by atoms with Crippen molar-refractivity contribution in [2.24, 2.45) is 0 Å². The summed E-state index contributed by atoms with van der Waals surface area (Å²) < 4.78 is 1.67. The molecule has 1 unspecified atom stereocenters. The van der Waals surface area contributed by atoms with Gasteiger partial charge in [-0.2, -0.15) is 5.10 Å². The van der Waals surface area contributed by atoms with Crippen molar-refractivity contribution in [3.63, 3.8) is 0 Å². The Morgan fingerprint density at radius 3 is 2.92 bits per heavy atom. The lowest BCUT2D eigenvalue weighted by Crippen LogP contribution is -2.35. The second-order valence-corrected chi connectivity index (χ2v) is 6.33. The Kier molecular flexibility index (Phi) is 5.46. The third-order valence-corrected chi connectivity index (χ3v) is 4.40. The highest BCUT2D eigenvalue weighted by Gasteiger charge is 2.22. The summed E-state index contributed by atoms with van der Waals surface area (Å²) in [5, 5.41) is 7.25. The Hall–Kier alpha value is -2.96. The summed E-state index contributed by atoms with van der Waals surface area (Å²) >= 11 is 0. The minimum atomic E-state index is -0.177.